The molecule has 1 nitrogen and oxygen atoms in total. The summed E-state index contributed by atoms with van der Waals surface area (Å²) in [6.07, 6.45) is -4.42. The van der Waals surface area contributed by atoms with Crippen LogP contribution < -0.4 is 0 Å². The molecule has 0 saturated heterocycles. The first-order valence-corrected chi connectivity index (χ1v) is 6.47. The predicted molar refractivity (Wildman–Crippen MR) is 74.5 cm³/mol. The van der Waals surface area contributed by atoms with Gasteiger partial charge in [-0.25, -0.2) is 4.39 Å². The minimum atomic E-state index is -4.42. The number of alkyl halides is 3. The second-order valence-electron chi connectivity index (χ2n) is 4.73. The average Bonchev–Trinajstić information content (AvgIpc) is 2.89. The Morgan fingerprint density at radius 1 is 0.773 bits per heavy atom. The molecule has 3 rings (SSSR count). The van der Waals surface area contributed by atoms with Gasteiger partial charge in [0, 0.05) is 17.2 Å². The molecule has 1 heterocycles. The molecule has 0 aliphatic rings. The fourth-order valence-electron chi connectivity index (χ4n) is 2.12. The molecule has 22 heavy (non-hydrogen) atoms. The summed E-state index contributed by atoms with van der Waals surface area (Å²) < 4.78 is 57.0. The van der Waals surface area contributed by atoms with Gasteiger partial charge in [-0.2, -0.15) is 13.2 Å². The van der Waals surface area contributed by atoms with E-state index in [1.165, 1.54) is 18.2 Å². The number of hydrogen-bond acceptors (Lipinski definition) is 1. The van der Waals surface area contributed by atoms with Crippen molar-refractivity contribution < 1.29 is 22.0 Å². The quantitative estimate of drug-likeness (QED) is 0.548. The number of halogens is 4. The van der Waals surface area contributed by atoms with Gasteiger partial charge in [-0.1, -0.05) is 42.5 Å². The first-order chi connectivity index (χ1) is 10.4. The molecule has 1 aromatic heterocycles. The van der Waals surface area contributed by atoms with Crippen LogP contribution in [0.1, 0.15) is 5.56 Å². The first kappa shape index (κ1) is 14.4. The van der Waals surface area contributed by atoms with Crippen LogP contribution in [0, 0.1) is 5.82 Å². The maximum atomic E-state index is 14.0. The fourth-order valence-corrected chi connectivity index (χ4v) is 2.12. The molecule has 0 aliphatic heterocycles. The van der Waals surface area contributed by atoms with E-state index in [-0.39, 0.29) is 11.3 Å². The highest BCUT2D eigenvalue weighted by molar-refractivity contribution is 5.65. The van der Waals surface area contributed by atoms with Gasteiger partial charge in [0.25, 0.3) is 0 Å². The van der Waals surface area contributed by atoms with E-state index in [1.54, 1.807) is 24.3 Å². The number of hydrogen-bond donors (Lipinski definition) is 0. The maximum absolute atomic E-state index is 14.0. The van der Waals surface area contributed by atoms with Crippen LogP contribution in [-0.4, -0.2) is 0 Å². The molecule has 0 aliphatic carbocycles. The SMILES string of the molecule is Fc1cc(-c2ccccc2)oc1-c1ccc(C(F)(F)F)cc1. The highest BCUT2D eigenvalue weighted by Gasteiger charge is 2.30. The van der Waals surface area contributed by atoms with Crippen LogP contribution in [0.5, 0.6) is 0 Å². The van der Waals surface area contributed by atoms with Crippen molar-refractivity contribution in [3.63, 3.8) is 0 Å². The van der Waals surface area contributed by atoms with Crippen LogP contribution in [0.4, 0.5) is 17.6 Å². The van der Waals surface area contributed by atoms with Gasteiger partial charge in [0.15, 0.2) is 11.6 Å². The molecule has 0 atom stereocenters. The van der Waals surface area contributed by atoms with Crippen molar-refractivity contribution >= 4 is 0 Å². The predicted octanol–water partition coefficient (Wildman–Crippen LogP) is 5.77. The fraction of sp³-hybridized carbons (Fsp3) is 0.0588. The molecule has 112 valence electrons. The van der Waals surface area contributed by atoms with Gasteiger partial charge in [0.1, 0.15) is 5.76 Å². The topological polar surface area (TPSA) is 13.1 Å². The summed E-state index contributed by atoms with van der Waals surface area (Å²) >= 11 is 0. The summed E-state index contributed by atoms with van der Waals surface area (Å²) in [5.74, 6) is -0.362. The number of rotatable bonds is 2. The molecule has 0 bridgehead atoms. The third-order valence-electron chi connectivity index (χ3n) is 3.22. The van der Waals surface area contributed by atoms with Gasteiger partial charge in [-0.15, -0.1) is 0 Å². The van der Waals surface area contributed by atoms with E-state index in [9.17, 15) is 17.6 Å². The minimum absolute atomic E-state index is 0.0763. The standard InChI is InChI=1S/C17H10F4O/c18-14-10-15(11-4-2-1-3-5-11)22-16(14)12-6-8-13(9-7-12)17(19,20)21/h1-10H. The zero-order chi connectivity index (χ0) is 15.7. The summed E-state index contributed by atoms with van der Waals surface area (Å²) in [5.41, 5.74) is 0.165. The Bertz CT molecular complexity index is 771. The molecular formula is C17H10F4O. The smallest absolute Gasteiger partial charge is 0.416 e. The van der Waals surface area contributed by atoms with Crippen LogP contribution in [0.25, 0.3) is 22.6 Å². The van der Waals surface area contributed by atoms with Gasteiger partial charge >= 0.3 is 6.18 Å². The lowest BCUT2D eigenvalue weighted by Crippen LogP contribution is -2.03. The summed E-state index contributed by atoms with van der Waals surface area (Å²) in [6.45, 7) is 0. The lowest BCUT2D eigenvalue weighted by atomic mass is 10.1. The van der Waals surface area contributed by atoms with Crippen LogP contribution >= 0.6 is 0 Å². The molecule has 3 aromatic rings. The van der Waals surface area contributed by atoms with Crippen molar-refractivity contribution in [3.8, 4) is 22.6 Å². The van der Waals surface area contributed by atoms with Crippen LogP contribution in [0.15, 0.2) is 65.1 Å². The Morgan fingerprint density at radius 3 is 2.00 bits per heavy atom. The lowest BCUT2D eigenvalue weighted by molar-refractivity contribution is -0.137. The van der Waals surface area contributed by atoms with E-state index in [1.807, 2.05) is 6.07 Å². The normalized spacial score (nSPS) is 11.6. The molecule has 0 spiro atoms. The monoisotopic (exact) mass is 306 g/mol. The van der Waals surface area contributed by atoms with E-state index in [0.29, 0.717) is 11.3 Å². The van der Waals surface area contributed by atoms with Crippen LogP contribution in [-0.2, 0) is 6.18 Å². The third kappa shape index (κ3) is 2.74. The highest BCUT2D eigenvalue weighted by Crippen LogP contribution is 2.34. The minimum Gasteiger partial charge on any atom is -0.453 e. The highest BCUT2D eigenvalue weighted by atomic mass is 19.4. The van der Waals surface area contributed by atoms with E-state index < -0.39 is 17.6 Å². The molecule has 0 amide bonds. The Balaban J connectivity index is 1.98. The van der Waals surface area contributed by atoms with E-state index in [2.05, 4.69) is 0 Å². The zero-order valence-corrected chi connectivity index (χ0v) is 11.2. The molecule has 0 radical (unpaired) electrons. The Labute approximate surface area is 123 Å². The van der Waals surface area contributed by atoms with E-state index in [4.69, 9.17) is 4.42 Å². The first-order valence-electron chi connectivity index (χ1n) is 6.47. The number of benzene rings is 2. The maximum Gasteiger partial charge on any atom is 0.416 e. The van der Waals surface area contributed by atoms with Crippen molar-refractivity contribution in [1.82, 2.24) is 0 Å². The van der Waals surface area contributed by atoms with E-state index in [0.717, 1.165) is 12.1 Å². The van der Waals surface area contributed by atoms with Crippen molar-refractivity contribution in [3.05, 3.63) is 72.0 Å². The summed E-state index contributed by atoms with van der Waals surface area (Å²) in [4.78, 5) is 0. The third-order valence-corrected chi connectivity index (χ3v) is 3.22. The lowest BCUT2D eigenvalue weighted by Gasteiger charge is -2.06. The average molecular weight is 306 g/mol. The van der Waals surface area contributed by atoms with Crippen molar-refractivity contribution in [2.45, 2.75) is 6.18 Å². The summed E-state index contributed by atoms with van der Waals surface area (Å²) in [7, 11) is 0. The Morgan fingerprint density at radius 2 is 1.41 bits per heavy atom. The molecule has 0 unspecified atom stereocenters. The molecule has 2 aromatic carbocycles. The summed E-state index contributed by atoms with van der Waals surface area (Å²) in [5, 5.41) is 0. The molecule has 5 heteroatoms. The van der Waals surface area contributed by atoms with Crippen molar-refractivity contribution in [2.75, 3.05) is 0 Å². The summed E-state index contributed by atoms with van der Waals surface area (Å²) in [6, 6.07) is 14.3. The van der Waals surface area contributed by atoms with Gasteiger partial charge in [-0.3, -0.25) is 0 Å². The van der Waals surface area contributed by atoms with Gasteiger partial charge in [-0.05, 0) is 12.1 Å². The molecular weight excluding hydrogens is 296 g/mol. The molecule has 0 saturated carbocycles. The molecule has 0 fully saturated rings. The van der Waals surface area contributed by atoms with Crippen LogP contribution in [0.3, 0.4) is 0 Å². The van der Waals surface area contributed by atoms with Gasteiger partial charge < -0.3 is 4.42 Å². The number of furan rings is 1. The zero-order valence-electron chi connectivity index (χ0n) is 11.2. The van der Waals surface area contributed by atoms with Crippen molar-refractivity contribution in [2.24, 2.45) is 0 Å². The largest absolute Gasteiger partial charge is 0.453 e. The Hall–Kier alpha value is -2.56. The van der Waals surface area contributed by atoms with E-state index >= 15 is 0 Å². The Kier molecular flexibility index (Phi) is 3.48. The van der Waals surface area contributed by atoms with Crippen molar-refractivity contribution in [1.29, 1.82) is 0 Å². The second kappa shape index (κ2) is 5.33. The van der Waals surface area contributed by atoms with Gasteiger partial charge in [0.2, 0.25) is 0 Å². The van der Waals surface area contributed by atoms with Gasteiger partial charge in [0.05, 0.1) is 5.56 Å². The molecule has 0 N–H and O–H groups in total. The van der Waals surface area contributed by atoms with Crippen LogP contribution in [0.2, 0.25) is 0 Å². The second-order valence-corrected chi connectivity index (χ2v) is 4.73.